The fourth-order valence-corrected chi connectivity index (χ4v) is 3.91. The summed E-state index contributed by atoms with van der Waals surface area (Å²) >= 11 is 0. The van der Waals surface area contributed by atoms with Crippen molar-refractivity contribution in [1.29, 1.82) is 5.26 Å². The van der Waals surface area contributed by atoms with Crippen LogP contribution in [0, 0.1) is 11.3 Å². The van der Waals surface area contributed by atoms with Crippen molar-refractivity contribution < 1.29 is 47.6 Å². The van der Waals surface area contributed by atoms with Crippen molar-refractivity contribution in [3.8, 4) is 22.9 Å². The number of esters is 4. The average molecular weight is 526 g/mol. The summed E-state index contributed by atoms with van der Waals surface area (Å²) in [6.45, 7) is 4.27. The van der Waals surface area contributed by atoms with E-state index in [-0.39, 0.29) is 6.61 Å². The molecule has 0 N–H and O–H groups in total. The van der Waals surface area contributed by atoms with Crippen LogP contribution < -0.4 is 4.74 Å². The zero-order valence-corrected chi connectivity index (χ0v) is 21.2. The van der Waals surface area contributed by atoms with Crippen LogP contribution in [0.15, 0.2) is 48.5 Å². The van der Waals surface area contributed by atoms with Crippen molar-refractivity contribution in [1.82, 2.24) is 0 Å². The molecule has 1 heterocycles. The highest BCUT2D eigenvalue weighted by molar-refractivity contribution is 5.69. The van der Waals surface area contributed by atoms with E-state index in [2.05, 4.69) is 6.07 Å². The highest BCUT2D eigenvalue weighted by Gasteiger charge is 2.53. The monoisotopic (exact) mass is 525 g/mol. The Bertz CT molecular complexity index is 1220. The summed E-state index contributed by atoms with van der Waals surface area (Å²) in [6, 6.07) is 16.0. The number of rotatable bonds is 8. The Hall–Kier alpha value is -4.43. The number of carbonyl (C=O) groups is 4. The summed E-state index contributed by atoms with van der Waals surface area (Å²) in [5.41, 5.74) is 2.15. The maximum atomic E-state index is 11.9. The third-order valence-corrected chi connectivity index (χ3v) is 5.38. The Morgan fingerprint density at radius 1 is 0.789 bits per heavy atom. The molecule has 2 aromatic rings. The van der Waals surface area contributed by atoms with Gasteiger partial charge in [-0.05, 0) is 35.4 Å². The summed E-state index contributed by atoms with van der Waals surface area (Å²) in [5, 5.41) is 9.15. The van der Waals surface area contributed by atoms with Crippen LogP contribution in [0.1, 0.15) is 33.3 Å². The zero-order chi connectivity index (χ0) is 27.8. The lowest BCUT2D eigenvalue weighted by Crippen LogP contribution is -2.63. The van der Waals surface area contributed by atoms with E-state index in [9.17, 15) is 19.2 Å². The van der Waals surface area contributed by atoms with Crippen molar-refractivity contribution in [2.24, 2.45) is 0 Å². The third-order valence-electron chi connectivity index (χ3n) is 5.38. The molecule has 200 valence electrons. The molecule has 1 aliphatic heterocycles. The zero-order valence-electron chi connectivity index (χ0n) is 21.2. The van der Waals surface area contributed by atoms with E-state index in [0.717, 1.165) is 31.9 Å². The predicted octanol–water partition coefficient (Wildman–Crippen LogP) is 2.69. The summed E-state index contributed by atoms with van der Waals surface area (Å²) < 4.78 is 33.1. The van der Waals surface area contributed by atoms with Gasteiger partial charge in [-0.3, -0.25) is 19.2 Å². The molecule has 0 unspecified atom stereocenters. The van der Waals surface area contributed by atoms with E-state index in [0.29, 0.717) is 11.3 Å². The number of benzene rings is 2. The average Bonchev–Trinajstić information content (AvgIpc) is 2.86. The minimum Gasteiger partial charge on any atom is -0.463 e. The van der Waals surface area contributed by atoms with E-state index in [4.69, 9.17) is 33.7 Å². The van der Waals surface area contributed by atoms with E-state index < -0.39 is 54.6 Å². The number of nitrogens with zero attached hydrogens (tertiary/aromatic N) is 1. The van der Waals surface area contributed by atoms with Gasteiger partial charge in [0.15, 0.2) is 12.2 Å². The topological polar surface area (TPSA) is 147 Å². The second-order valence-corrected chi connectivity index (χ2v) is 8.40. The third kappa shape index (κ3) is 7.54. The Morgan fingerprint density at radius 2 is 1.39 bits per heavy atom. The van der Waals surface area contributed by atoms with Crippen LogP contribution in [0.5, 0.6) is 5.75 Å². The van der Waals surface area contributed by atoms with Gasteiger partial charge in [0.1, 0.15) is 18.5 Å². The molecule has 5 atom stereocenters. The van der Waals surface area contributed by atoms with Crippen LogP contribution in [0.2, 0.25) is 0 Å². The van der Waals surface area contributed by atoms with Gasteiger partial charge in [0.05, 0.1) is 11.6 Å². The quantitative estimate of drug-likeness (QED) is 0.370. The number of hydrogen-bond donors (Lipinski definition) is 0. The number of hydrogen-bond acceptors (Lipinski definition) is 11. The standard InChI is InChI=1S/C27H27NO10/c1-15(29)33-14-23-24(34-16(2)30)25(35-17(3)31)26(36-18(4)32)27(38-23)37-22-10-8-20(9-11-22)21-7-5-6-19(12-21)13-28/h5-12,23-27H,14H2,1-4H3/t23-,24+,25+,26-,27+/m1/s1. The minimum atomic E-state index is -1.33. The van der Waals surface area contributed by atoms with Crippen molar-refractivity contribution in [2.75, 3.05) is 6.61 Å². The molecule has 0 amide bonds. The van der Waals surface area contributed by atoms with Crippen molar-refractivity contribution in [3.05, 3.63) is 54.1 Å². The molecule has 0 aromatic heterocycles. The molecular weight excluding hydrogens is 498 g/mol. The molecule has 3 rings (SSSR count). The first-order chi connectivity index (χ1) is 18.1. The van der Waals surface area contributed by atoms with Gasteiger partial charge in [0.2, 0.25) is 12.4 Å². The lowest BCUT2D eigenvalue weighted by molar-refractivity contribution is -0.288. The molecule has 38 heavy (non-hydrogen) atoms. The van der Waals surface area contributed by atoms with Crippen molar-refractivity contribution >= 4 is 23.9 Å². The normalized spacial score (nSPS) is 22.3. The Balaban J connectivity index is 1.93. The summed E-state index contributed by atoms with van der Waals surface area (Å²) in [7, 11) is 0. The maximum absolute atomic E-state index is 11.9. The summed E-state index contributed by atoms with van der Waals surface area (Å²) in [4.78, 5) is 47.2. The number of carbonyl (C=O) groups excluding carboxylic acids is 4. The van der Waals surface area contributed by atoms with Crippen LogP contribution in [0.3, 0.4) is 0 Å². The van der Waals surface area contributed by atoms with Gasteiger partial charge in [-0.25, -0.2) is 0 Å². The molecule has 1 aliphatic rings. The van der Waals surface area contributed by atoms with Gasteiger partial charge in [-0.15, -0.1) is 0 Å². The molecule has 0 spiro atoms. The Morgan fingerprint density at radius 3 is 1.97 bits per heavy atom. The molecule has 1 saturated heterocycles. The SMILES string of the molecule is CC(=O)OC[C@H]1O[C@H](Oc2ccc(-c3cccc(C#N)c3)cc2)[C@H](OC(C)=O)[C@@H](OC(C)=O)[C@H]1OC(C)=O. The summed E-state index contributed by atoms with van der Waals surface area (Å²) in [5.74, 6) is -2.49. The van der Waals surface area contributed by atoms with Gasteiger partial charge in [-0.1, -0.05) is 24.3 Å². The van der Waals surface area contributed by atoms with E-state index in [1.54, 1.807) is 42.5 Å². The van der Waals surface area contributed by atoms with Crippen LogP contribution >= 0.6 is 0 Å². The summed E-state index contributed by atoms with van der Waals surface area (Å²) in [6.07, 6.45) is -6.37. The fourth-order valence-electron chi connectivity index (χ4n) is 3.91. The van der Waals surface area contributed by atoms with Crippen molar-refractivity contribution in [3.63, 3.8) is 0 Å². The largest absolute Gasteiger partial charge is 0.463 e. The van der Waals surface area contributed by atoms with Gasteiger partial charge in [0.25, 0.3) is 0 Å². The smallest absolute Gasteiger partial charge is 0.303 e. The van der Waals surface area contributed by atoms with Crippen LogP contribution in [-0.2, 0) is 42.9 Å². The predicted molar refractivity (Wildman–Crippen MR) is 129 cm³/mol. The van der Waals surface area contributed by atoms with E-state index in [1.165, 1.54) is 6.92 Å². The Kier molecular flexibility index (Phi) is 9.40. The van der Waals surface area contributed by atoms with Gasteiger partial charge in [-0.2, -0.15) is 5.26 Å². The molecule has 2 aromatic carbocycles. The molecular formula is C27H27NO10. The molecule has 0 bridgehead atoms. The molecule has 11 nitrogen and oxygen atoms in total. The fraction of sp³-hybridized carbons (Fsp3) is 0.370. The first-order valence-corrected chi connectivity index (χ1v) is 11.6. The second kappa shape index (κ2) is 12.7. The lowest BCUT2D eigenvalue weighted by Gasteiger charge is -2.43. The van der Waals surface area contributed by atoms with E-state index in [1.807, 2.05) is 6.07 Å². The van der Waals surface area contributed by atoms with E-state index >= 15 is 0 Å². The van der Waals surface area contributed by atoms with Gasteiger partial charge >= 0.3 is 23.9 Å². The maximum Gasteiger partial charge on any atom is 0.303 e. The van der Waals surface area contributed by atoms with Crippen LogP contribution in [0.4, 0.5) is 0 Å². The number of ether oxygens (including phenoxy) is 6. The van der Waals surface area contributed by atoms with Gasteiger partial charge < -0.3 is 28.4 Å². The lowest BCUT2D eigenvalue weighted by atomic mass is 9.98. The molecule has 0 aliphatic carbocycles. The Labute approximate surface area is 219 Å². The molecule has 1 fully saturated rings. The van der Waals surface area contributed by atoms with Crippen LogP contribution in [-0.4, -0.2) is 61.2 Å². The van der Waals surface area contributed by atoms with Crippen molar-refractivity contribution in [2.45, 2.75) is 58.4 Å². The first kappa shape index (κ1) is 28.1. The molecule has 0 saturated carbocycles. The number of nitriles is 1. The highest BCUT2D eigenvalue weighted by atomic mass is 16.7. The molecule has 0 radical (unpaired) electrons. The highest BCUT2D eigenvalue weighted by Crippen LogP contribution is 2.32. The van der Waals surface area contributed by atoms with Crippen LogP contribution in [0.25, 0.3) is 11.1 Å². The molecule has 11 heteroatoms. The second-order valence-electron chi connectivity index (χ2n) is 8.40. The first-order valence-electron chi connectivity index (χ1n) is 11.6. The van der Waals surface area contributed by atoms with Gasteiger partial charge in [0, 0.05) is 27.7 Å². The minimum absolute atomic E-state index is 0.311.